The van der Waals surface area contributed by atoms with Crippen LogP contribution >= 0.6 is 0 Å². The molecule has 1 N–H and O–H groups in total. The molecule has 2 rings (SSSR count). The van der Waals surface area contributed by atoms with Gasteiger partial charge in [0, 0.05) is 0 Å². The molecule has 0 aliphatic carbocycles. The van der Waals surface area contributed by atoms with Crippen molar-refractivity contribution >= 4 is 5.91 Å². The normalized spacial score (nSPS) is 11.6. The number of rotatable bonds is 8. The average molecular weight is 313 g/mol. The van der Waals surface area contributed by atoms with E-state index in [1.165, 1.54) is 0 Å². The van der Waals surface area contributed by atoms with Crippen LogP contribution in [0.25, 0.3) is 0 Å². The minimum Gasteiger partial charge on any atom is -0.493 e. The molecule has 1 amide bonds. The molecule has 0 saturated heterocycles. The second-order valence-corrected chi connectivity index (χ2v) is 5.26. The van der Waals surface area contributed by atoms with Crippen molar-refractivity contribution in [3.63, 3.8) is 0 Å². The predicted molar refractivity (Wildman–Crippen MR) is 90.7 cm³/mol. The SMILES string of the molecule is CCCC(NC(=O)COc1ccccc1OC)c1ccccc1. The first-order valence-corrected chi connectivity index (χ1v) is 7.84. The number of methoxy groups -OCH3 is 1. The zero-order valence-corrected chi connectivity index (χ0v) is 13.6. The smallest absolute Gasteiger partial charge is 0.258 e. The van der Waals surface area contributed by atoms with Gasteiger partial charge in [-0.1, -0.05) is 55.8 Å². The third-order valence-electron chi connectivity index (χ3n) is 3.54. The van der Waals surface area contributed by atoms with E-state index in [9.17, 15) is 4.79 Å². The highest BCUT2D eigenvalue weighted by molar-refractivity contribution is 5.78. The lowest BCUT2D eigenvalue weighted by Crippen LogP contribution is -2.32. The van der Waals surface area contributed by atoms with Crippen LogP contribution in [-0.4, -0.2) is 19.6 Å². The molecule has 0 aromatic heterocycles. The van der Waals surface area contributed by atoms with Crippen LogP contribution in [0.15, 0.2) is 54.6 Å². The van der Waals surface area contributed by atoms with Gasteiger partial charge in [0.2, 0.25) is 0 Å². The molecule has 0 bridgehead atoms. The average Bonchev–Trinajstić information content (AvgIpc) is 2.60. The summed E-state index contributed by atoms with van der Waals surface area (Å²) in [6.45, 7) is 2.07. The zero-order valence-electron chi connectivity index (χ0n) is 13.6. The van der Waals surface area contributed by atoms with Gasteiger partial charge in [-0.05, 0) is 24.1 Å². The molecule has 0 saturated carbocycles. The first kappa shape index (κ1) is 16.9. The summed E-state index contributed by atoms with van der Waals surface area (Å²) >= 11 is 0. The van der Waals surface area contributed by atoms with Crippen molar-refractivity contribution in [3.8, 4) is 11.5 Å². The van der Waals surface area contributed by atoms with Crippen LogP contribution in [0.1, 0.15) is 31.4 Å². The Bertz CT molecular complexity index is 613. The lowest BCUT2D eigenvalue weighted by Gasteiger charge is -2.19. The van der Waals surface area contributed by atoms with Crippen LogP contribution in [0.2, 0.25) is 0 Å². The summed E-state index contributed by atoms with van der Waals surface area (Å²) in [6.07, 6.45) is 1.89. The van der Waals surface area contributed by atoms with Gasteiger partial charge in [-0.25, -0.2) is 0 Å². The Morgan fingerprint density at radius 3 is 2.35 bits per heavy atom. The Hall–Kier alpha value is -2.49. The zero-order chi connectivity index (χ0) is 16.5. The molecule has 0 radical (unpaired) electrons. The monoisotopic (exact) mass is 313 g/mol. The maximum Gasteiger partial charge on any atom is 0.258 e. The fourth-order valence-electron chi connectivity index (χ4n) is 2.41. The van der Waals surface area contributed by atoms with E-state index in [4.69, 9.17) is 9.47 Å². The minimum absolute atomic E-state index is 0.00923. The van der Waals surface area contributed by atoms with E-state index in [1.807, 2.05) is 42.5 Å². The molecule has 0 aliphatic heterocycles. The van der Waals surface area contributed by atoms with E-state index in [0.717, 1.165) is 18.4 Å². The Balaban J connectivity index is 1.94. The molecule has 2 aromatic rings. The molecule has 122 valence electrons. The van der Waals surface area contributed by atoms with Gasteiger partial charge in [0.25, 0.3) is 5.91 Å². The summed E-state index contributed by atoms with van der Waals surface area (Å²) in [5.41, 5.74) is 1.11. The maximum atomic E-state index is 12.2. The second kappa shape index (κ2) is 8.83. The van der Waals surface area contributed by atoms with Crippen molar-refractivity contribution in [1.82, 2.24) is 5.32 Å². The van der Waals surface area contributed by atoms with Gasteiger partial charge >= 0.3 is 0 Å². The van der Waals surface area contributed by atoms with Crippen molar-refractivity contribution < 1.29 is 14.3 Å². The van der Waals surface area contributed by atoms with E-state index in [-0.39, 0.29) is 18.6 Å². The van der Waals surface area contributed by atoms with Gasteiger partial charge in [-0.2, -0.15) is 0 Å². The summed E-state index contributed by atoms with van der Waals surface area (Å²) in [4.78, 5) is 12.2. The first-order chi connectivity index (χ1) is 11.2. The molecule has 1 unspecified atom stereocenters. The Morgan fingerprint density at radius 2 is 1.70 bits per heavy atom. The molecule has 0 fully saturated rings. The molecule has 4 nitrogen and oxygen atoms in total. The van der Waals surface area contributed by atoms with E-state index in [1.54, 1.807) is 19.2 Å². The van der Waals surface area contributed by atoms with Crippen LogP contribution in [0.3, 0.4) is 0 Å². The predicted octanol–water partition coefficient (Wildman–Crippen LogP) is 3.73. The van der Waals surface area contributed by atoms with Crippen molar-refractivity contribution in [1.29, 1.82) is 0 Å². The summed E-state index contributed by atoms with van der Waals surface area (Å²) in [5, 5.41) is 3.04. The topological polar surface area (TPSA) is 47.6 Å². The lowest BCUT2D eigenvalue weighted by atomic mass is 10.0. The van der Waals surface area contributed by atoms with E-state index in [2.05, 4.69) is 12.2 Å². The Labute approximate surface area is 137 Å². The van der Waals surface area contributed by atoms with Gasteiger partial charge in [-0.15, -0.1) is 0 Å². The number of carbonyl (C=O) groups excluding carboxylic acids is 1. The molecular weight excluding hydrogens is 290 g/mol. The third-order valence-corrected chi connectivity index (χ3v) is 3.54. The lowest BCUT2D eigenvalue weighted by molar-refractivity contribution is -0.123. The fraction of sp³-hybridized carbons (Fsp3) is 0.316. The number of nitrogens with one attached hydrogen (secondary N) is 1. The van der Waals surface area contributed by atoms with Crippen LogP contribution in [0, 0.1) is 0 Å². The number of carbonyl (C=O) groups is 1. The number of amides is 1. The van der Waals surface area contributed by atoms with Crippen molar-refractivity contribution in [2.75, 3.05) is 13.7 Å². The van der Waals surface area contributed by atoms with Crippen LogP contribution < -0.4 is 14.8 Å². The molecule has 23 heavy (non-hydrogen) atoms. The molecule has 1 atom stereocenters. The first-order valence-electron chi connectivity index (χ1n) is 7.84. The van der Waals surface area contributed by atoms with Crippen LogP contribution in [0.5, 0.6) is 11.5 Å². The minimum atomic E-state index is -0.141. The number of para-hydroxylation sites is 2. The van der Waals surface area contributed by atoms with E-state index >= 15 is 0 Å². The van der Waals surface area contributed by atoms with Gasteiger partial charge in [0.1, 0.15) is 0 Å². The van der Waals surface area contributed by atoms with Crippen molar-refractivity contribution in [2.24, 2.45) is 0 Å². The maximum absolute atomic E-state index is 12.2. The largest absolute Gasteiger partial charge is 0.493 e. The number of hydrogen-bond acceptors (Lipinski definition) is 3. The highest BCUT2D eigenvalue weighted by Crippen LogP contribution is 2.25. The fourth-order valence-corrected chi connectivity index (χ4v) is 2.41. The van der Waals surface area contributed by atoms with Gasteiger partial charge in [0.15, 0.2) is 18.1 Å². The van der Waals surface area contributed by atoms with Crippen molar-refractivity contribution in [2.45, 2.75) is 25.8 Å². The summed E-state index contributed by atoms with van der Waals surface area (Å²) < 4.78 is 10.8. The molecule has 4 heteroatoms. The number of benzene rings is 2. The van der Waals surface area contributed by atoms with Crippen molar-refractivity contribution in [3.05, 3.63) is 60.2 Å². The summed E-state index contributed by atoms with van der Waals surface area (Å²) in [7, 11) is 1.58. The van der Waals surface area contributed by atoms with Crippen LogP contribution in [-0.2, 0) is 4.79 Å². The Morgan fingerprint density at radius 1 is 1.04 bits per heavy atom. The highest BCUT2D eigenvalue weighted by Gasteiger charge is 2.14. The molecular formula is C19H23NO3. The number of hydrogen-bond donors (Lipinski definition) is 1. The van der Waals surface area contributed by atoms with E-state index < -0.39 is 0 Å². The highest BCUT2D eigenvalue weighted by atomic mass is 16.5. The van der Waals surface area contributed by atoms with Gasteiger partial charge < -0.3 is 14.8 Å². The van der Waals surface area contributed by atoms with Gasteiger partial charge in [-0.3, -0.25) is 4.79 Å². The molecule has 0 heterocycles. The van der Waals surface area contributed by atoms with Crippen LogP contribution in [0.4, 0.5) is 0 Å². The van der Waals surface area contributed by atoms with E-state index in [0.29, 0.717) is 11.5 Å². The molecule has 0 aliphatic rings. The van der Waals surface area contributed by atoms with Gasteiger partial charge in [0.05, 0.1) is 13.2 Å². The second-order valence-electron chi connectivity index (χ2n) is 5.26. The molecule has 0 spiro atoms. The molecule has 2 aromatic carbocycles. The Kier molecular flexibility index (Phi) is 6.48. The quantitative estimate of drug-likeness (QED) is 0.808. The number of ether oxygens (including phenoxy) is 2. The summed E-state index contributed by atoms with van der Waals surface area (Å²) in [5.74, 6) is 1.04. The standard InChI is InChI=1S/C19H23NO3/c1-3-9-16(15-10-5-4-6-11-15)20-19(21)14-23-18-13-8-7-12-17(18)22-2/h4-8,10-13,16H,3,9,14H2,1-2H3,(H,20,21). The third kappa shape index (κ3) is 5.02. The summed E-state index contributed by atoms with van der Waals surface area (Å²) in [6, 6.07) is 17.3.